The second-order valence-electron chi connectivity index (χ2n) is 9.56. The molecule has 0 saturated carbocycles. The molecule has 0 radical (unpaired) electrons. The zero-order valence-corrected chi connectivity index (χ0v) is 20.0. The summed E-state index contributed by atoms with van der Waals surface area (Å²) in [6.45, 7) is 7.09. The van der Waals surface area contributed by atoms with Crippen molar-refractivity contribution in [1.82, 2.24) is 15.1 Å². The minimum absolute atomic E-state index is 0.0226. The number of aliphatic hydroxyl groups is 1. The van der Waals surface area contributed by atoms with Crippen LogP contribution in [-0.2, 0) is 14.4 Å². The fourth-order valence-corrected chi connectivity index (χ4v) is 7.09. The number of likely N-dealkylation sites (tertiary alicyclic amines) is 1. The molecule has 7 atom stereocenters. The van der Waals surface area contributed by atoms with Gasteiger partial charge in [-0.15, -0.1) is 11.8 Å². The molecule has 4 heterocycles. The number of amidine groups is 1. The van der Waals surface area contributed by atoms with Crippen LogP contribution < -0.4 is 11.1 Å². The lowest BCUT2D eigenvalue weighted by Gasteiger charge is -2.46. The molecule has 10 nitrogen and oxygen atoms in total. The fraction of sp³-hybridized carbons (Fsp3) is 0.727. The lowest BCUT2D eigenvalue weighted by molar-refractivity contribution is -0.163. The summed E-state index contributed by atoms with van der Waals surface area (Å²) in [6, 6.07) is -0.612. The van der Waals surface area contributed by atoms with Crippen molar-refractivity contribution in [3.63, 3.8) is 0 Å². The number of nitrogens with two attached hydrogens (primary N) is 1. The van der Waals surface area contributed by atoms with Gasteiger partial charge in [-0.3, -0.25) is 14.6 Å². The Morgan fingerprint density at radius 2 is 2.09 bits per heavy atom. The van der Waals surface area contributed by atoms with Crippen molar-refractivity contribution in [2.75, 3.05) is 19.6 Å². The van der Waals surface area contributed by atoms with Gasteiger partial charge in [-0.1, -0.05) is 6.92 Å². The molecule has 4 rings (SSSR count). The van der Waals surface area contributed by atoms with Crippen molar-refractivity contribution in [2.45, 2.75) is 69.5 Å². The summed E-state index contributed by atoms with van der Waals surface area (Å²) in [5.41, 5.74) is 5.74. The summed E-state index contributed by atoms with van der Waals surface area (Å²) in [6.07, 6.45) is 1.57. The van der Waals surface area contributed by atoms with E-state index in [0.29, 0.717) is 36.8 Å². The van der Waals surface area contributed by atoms with E-state index in [-0.39, 0.29) is 46.8 Å². The maximum Gasteiger partial charge on any atom is 0.353 e. The normalized spacial score (nSPS) is 35.5. The second-order valence-corrected chi connectivity index (χ2v) is 10.9. The maximum atomic E-state index is 13.1. The largest absolute Gasteiger partial charge is 0.477 e. The highest BCUT2D eigenvalue weighted by molar-refractivity contribution is 8.03. The first kappa shape index (κ1) is 24.0. The first-order valence-electron chi connectivity index (χ1n) is 11.6. The van der Waals surface area contributed by atoms with Gasteiger partial charge >= 0.3 is 5.97 Å². The molecule has 4 aliphatic heterocycles. The summed E-state index contributed by atoms with van der Waals surface area (Å²) in [5, 5.41) is 23.1. The highest BCUT2D eigenvalue weighted by atomic mass is 32.2. The van der Waals surface area contributed by atoms with E-state index in [2.05, 4.69) is 10.3 Å². The molecule has 2 unspecified atom stereocenters. The monoisotopic (exact) mass is 479 g/mol. The van der Waals surface area contributed by atoms with Crippen LogP contribution in [0.15, 0.2) is 15.6 Å². The molecule has 2 amide bonds. The van der Waals surface area contributed by atoms with Gasteiger partial charge in [0, 0.05) is 35.7 Å². The van der Waals surface area contributed by atoms with Crippen molar-refractivity contribution in [2.24, 2.45) is 22.6 Å². The second kappa shape index (κ2) is 9.27. The molecule has 0 aliphatic carbocycles. The number of thioether (sulfide) groups is 1. The number of hydrogen-bond donors (Lipinski definition) is 4. The van der Waals surface area contributed by atoms with Gasteiger partial charge in [0.15, 0.2) is 0 Å². The number of rotatable bonds is 6. The predicted octanol–water partition coefficient (Wildman–Crippen LogP) is -0.0281. The highest BCUT2D eigenvalue weighted by Gasteiger charge is 2.60. The third-order valence-electron chi connectivity index (χ3n) is 7.09. The molecule has 33 heavy (non-hydrogen) atoms. The number of hydrogen-bond acceptors (Lipinski definition) is 7. The molecule has 3 saturated heterocycles. The average molecular weight is 480 g/mol. The third-order valence-corrected chi connectivity index (χ3v) is 8.60. The number of carbonyl (C=O) groups excluding carboxylic acids is 2. The van der Waals surface area contributed by atoms with Crippen LogP contribution in [0.5, 0.6) is 0 Å². The topological polar surface area (TPSA) is 149 Å². The number of carboxylic acids is 1. The molecule has 5 N–H and O–H groups in total. The van der Waals surface area contributed by atoms with E-state index < -0.39 is 18.0 Å². The number of aliphatic carboxylic acids is 1. The first-order chi connectivity index (χ1) is 15.6. The Labute approximate surface area is 197 Å². The van der Waals surface area contributed by atoms with Gasteiger partial charge in [-0.25, -0.2) is 4.79 Å². The van der Waals surface area contributed by atoms with Crippen LogP contribution in [0.25, 0.3) is 0 Å². The number of nitrogens with zero attached hydrogens (tertiary/aromatic N) is 3. The van der Waals surface area contributed by atoms with Crippen LogP contribution in [-0.4, -0.2) is 92.7 Å². The Balaban J connectivity index is 1.42. The molecule has 0 spiro atoms. The van der Waals surface area contributed by atoms with Gasteiger partial charge < -0.3 is 31.1 Å². The van der Waals surface area contributed by atoms with E-state index >= 15 is 0 Å². The number of carboxylic acid groups (broad SMARTS) is 1. The third kappa shape index (κ3) is 4.38. The van der Waals surface area contributed by atoms with E-state index in [1.54, 1.807) is 13.8 Å². The van der Waals surface area contributed by atoms with Crippen molar-refractivity contribution >= 4 is 35.4 Å². The van der Waals surface area contributed by atoms with Gasteiger partial charge in [0.2, 0.25) is 11.8 Å². The minimum Gasteiger partial charge on any atom is -0.477 e. The Morgan fingerprint density at radius 1 is 1.36 bits per heavy atom. The summed E-state index contributed by atoms with van der Waals surface area (Å²) >= 11 is 1.45. The van der Waals surface area contributed by atoms with Gasteiger partial charge in [-0.05, 0) is 33.1 Å². The van der Waals surface area contributed by atoms with Crippen LogP contribution >= 0.6 is 11.8 Å². The number of fused-ring (bicyclic) bond motifs is 1. The standard InChI is InChI=1S/C22H33N5O5S/c1-10-17-16(11(2)28)21(30)27(17)18(22(31)32)19(10)33-14-7-15(24-8-14)20(29)26-6-4-5-13(9-26)25-12(3)23/h10-11,13-17,24,28H,4-9H2,1-3H3,(H2,23,25)(H,31,32)/t10-,11?,13?,14+,15+,16-,17-/m1/s1. The number of amides is 2. The van der Waals surface area contributed by atoms with Crippen molar-refractivity contribution < 1.29 is 24.6 Å². The number of aliphatic hydroxyl groups excluding tert-OH is 1. The molecule has 0 aromatic carbocycles. The van der Waals surface area contributed by atoms with Gasteiger partial charge in [0.25, 0.3) is 0 Å². The van der Waals surface area contributed by atoms with Crippen molar-refractivity contribution in [1.29, 1.82) is 0 Å². The zero-order valence-electron chi connectivity index (χ0n) is 19.2. The van der Waals surface area contributed by atoms with Crippen LogP contribution in [0.4, 0.5) is 0 Å². The first-order valence-corrected chi connectivity index (χ1v) is 12.4. The van der Waals surface area contributed by atoms with E-state index in [0.717, 1.165) is 12.8 Å². The molecule has 0 bridgehead atoms. The average Bonchev–Trinajstić information content (AvgIpc) is 3.29. The Morgan fingerprint density at radius 3 is 2.73 bits per heavy atom. The van der Waals surface area contributed by atoms with E-state index in [1.807, 2.05) is 11.8 Å². The Kier molecular flexibility index (Phi) is 6.75. The van der Waals surface area contributed by atoms with E-state index in [1.165, 1.54) is 16.7 Å². The number of carbonyl (C=O) groups is 3. The van der Waals surface area contributed by atoms with Crippen LogP contribution in [0.3, 0.4) is 0 Å². The summed E-state index contributed by atoms with van der Waals surface area (Å²) in [4.78, 5) is 45.9. The fourth-order valence-electron chi connectivity index (χ4n) is 5.61. The summed E-state index contributed by atoms with van der Waals surface area (Å²) in [7, 11) is 0. The zero-order chi connectivity index (χ0) is 24.0. The van der Waals surface area contributed by atoms with E-state index in [4.69, 9.17) is 5.73 Å². The van der Waals surface area contributed by atoms with Crippen LogP contribution in [0, 0.1) is 11.8 Å². The predicted molar refractivity (Wildman–Crippen MR) is 124 cm³/mol. The van der Waals surface area contributed by atoms with Gasteiger partial charge in [0.1, 0.15) is 5.70 Å². The molecule has 4 aliphatic rings. The molecule has 3 fully saturated rings. The molecular formula is C22H33N5O5S. The van der Waals surface area contributed by atoms with Crippen LogP contribution in [0.2, 0.25) is 0 Å². The molecule has 0 aromatic rings. The van der Waals surface area contributed by atoms with Crippen LogP contribution in [0.1, 0.15) is 40.0 Å². The van der Waals surface area contributed by atoms with E-state index in [9.17, 15) is 24.6 Å². The SMILES string of the molecule is CC(N)=NC1CCCN(C(=O)[C@@H]2C[C@H](SC3=C(C(=O)O)N4C(=O)[C@H](C(C)O)[C@H]4[C@H]3C)CN2)C1. The highest BCUT2D eigenvalue weighted by Crippen LogP contribution is 2.51. The summed E-state index contributed by atoms with van der Waals surface area (Å²) in [5.74, 6) is -1.63. The van der Waals surface area contributed by atoms with Crippen molar-refractivity contribution in [3.05, 3.63) is 10.6 Å². The molecule has 0 aromatic heterocycles. The molecule has 11 heteroatoms. The maximum absolute atomic E-state index is 13.1. The molecular weight excluding hydrogens is 446 g/mol. The smallest absolute Gasteiger partial charge is 0.353 e. The molecule has 182 valence electrons. The van der Waals surface area contributed by atoms with Gasteiger partial charge in [-0.2, -0.15) is 0 Å². The van der Waals surface area contributed by atoms with Gasteiger partial charge in [0.05, 0.1) is 36.0 Å². The lowest BCUT2D eigenvalue weighted by Crippen LogP contribution is -2.63. The number of aliphatic imine (C=N–C) groups is 1. The van der Waals surface area contributed by atoms with Crippen molar-refractivity contribution in [3.8, 4) is 0 Å². The number of β-lactam (4-membered cyclic amide) rings is 1. The number of piperidine rings is 1. The summed E-state index contributed by atoms with van der Waals surface area (Å²) < 4.78 is 0. The Bertz CT molecular complexity index is 902. The Hall–Kier alpha value is -2.11. The lowest BCUT2D eigenvalue weighted by atomic mass is 9.79. The quantitative estimate of drug-likeness (QED) is 0.236. The minimum atomic E-state index is -1.13. The number of nitrogens with one attached hydrogen (secondary N) is 1.